The highest BCUT2D eigenvalue weighted by molar-refractivity contribution is 5.83. The van der Waals surface area contributed by atoms with E-state index in [9.17, 15) is 0 Å². The normalized spacial score (nSPS) is 17.0. The Labute approximate surface area is 152 Å². The molecule has 2 nitrogen and oxygen atoms in total. The van der Waals surface area contributed by atoms with E-state index in [0.29, 0.717) is 0 Å². The van der Waals surface area contributed by atoms with Gasteiger partial charge < -0.3 is 0 Å². The highest BCUT2D eigenvalue weighted by Crippen LogP contribution is 2.32. The molecule has 0 saturated heterocycles. The van der Waals surface area contributed by atoms with Gasteiger partial charge in [0, 0.05) is 0 Å². The van der Waals surface area contributed by atoms with Gasteiger partial charge in [0.1, 0.15) is 17.9 Å². The van der Waals surface area contributed by atoms with Crippen LogP contribution in [0.4, 0.5) is 11.4 Å². The van der Waals surface area contributed by atoms with Gasteiger partial charge in [-0.1, -0.05) is 42.0 Å². The van der Waals surface area contributed by atoms with Crippen LogP contribution < -0.4 is 4.90 Å². The van der Waals surface area contributed by atoms with Crippen LogP contribution in [0, 0.1) is 41.5 Å². The van der Waals surface area contributed by atoms with Crippen molar-refractivity contribution < 1.29 is 4.58 Å². The van der Waals surface area contributed by atoms with E-state index in [4.69, 9.17) is 0 Å². The Kier molecular flexibility index (Phi) is 4.55. The minimum atomic E-state index is 0.278. The van der Waals surface area contributed by atoms with Crippen molar-refractivity contribution in [1.29, 1.82) is 0 Å². The van der Waals surface area contributed by atoms with Gasteiger partial charge in [-0.05, 0) is 69.9 Å². The maximum absolute atomic E-state index is 4.09. The molecule has 0 saturated carbocycles. The van der Waals surface area contributed by atoms with E-state index in [1.165, 1.54) is 44.8 Å². The van der Waals surface area contributed by atoms with Gasteiger partial charge in [0.15, 0.2) is 6.04 Å². The summed E-state index contributed by atoms with van der Waals surface area (Å²) in [5.74, 6) is 0. The molecule has 1 heterocycles. The molecule has 0 aromatic heterocycles. The molecule has 2 aromatic rings. The van der Waals surface area contributed by atoms with Crippen LogP contribution in [0.3, 0.4) is 0 Å². The third-order valence-electron chi connectivity index (χ3n) is 5.09. The number of hydrogen-bond donors (Lipinski definition) is 0. The Morgan fingerprint density at radius 1 is 0.880 bits per heavy atom. The van der Waals surface area contributed by atoms with Crippen LogP contribution in [0.1, 0.15) is 33.4 Å². The fraction of sp³-hybridized carbons (Fsp3) is 0.348. The summed E-state index contributed by atoms with van der Waals surface area (Å²) in [4.78, 5) is 2.38. The summed E-state index contributed by atoms with van der Waals surface area (Å²) in [7, 11) is 0. The fourth-order valence-corrected chi connectivity index (χ4v) is 4.34. The molecule has 1 unspecified atom stereocenters. The first-order valence-electron chi connectivity index (χ1n) is 9.00. The molecule has 1 aliphatic rings. The second-order valence-electron chi connectivity index (χ2n) is 7.47. The van der Waals surface area contributed by atoms with Gasteiger partial charge in [0.05, 0.1) is 0 Å². The molecule has 0 fully saturated rings. The number of anilines is 1. The Bertz CT molecular complexity index is 828. The van der Waals surface area contributed by atoms with Gasteiger partial charge in [0.2, 0.25) is 6.34 Å². The monoisotopic (exact) mass is 333 g/mol. The zero-order chi connectivity index (χ0) is 18.3. The number of benzene rings is 2. The minimum absolute atomic E-state index is 0.278. The zero-order valence-electron chi connectivity index (χ0n) is 16.4. The van der Waals surface area contributed by atoms with Gasteiger partial charge in [-0.3, -0.25) is 0 Å². The number of nitrogens with zero attached hydrogens (tertiary/aromatic N) is 2. The van der Waals surface area contributed by atoms with Crippen molar-refractivity contribution >= 4 is 17.7 Å². The van der Waals surface area contributed by atoms with Gasteiger partial charge >= 0.3 is 0 Å². The van der Waals surface area contributed by atoms with Crippen molar-refractivity contribution in [2.75, 3.05) is 11.4 Å². The lowest BCUT2D eigenvalue weighted by Crippen LogP contribution is -2.30. The van der Waals surface area contributed by atoms with E-state index >= 15 is 0 Å². The first-order chi connectivity index (χ1) is 11.8. The molecule has 25 heavy (non-hydrogen) atoms. The first kappa shape index (κ1) is 17.5. The fourth-order valence-electron chi connectivity index (χ4n) is 4.34. The Morgan fingerprint density at radius 2 is 1.36 bits per heavy atom. The second-order valence-corrected chi connectivity index (χ2v) is 7.47. The topological polar surface area (TPSA) is 6.25 Å². The van der Waals surface area contributed by atoms with Gasteiger partial charge in [-0.15, -0.1) is 0 Å². The number of aryl methyl sites for hydroxylation is 6. The summed E-state index contributed by atoms with van der Waals surface area (Å²) in [5, 5.41) is 0. The van der Waals surface area contributed by atoms with Crippen LogP contribution >= 0.6 is 0 Å². The maximum atomic E-state index is 4.09. The SMILES string of the molecule is C=CC1C[N+](c2c(C)cc(C)cc2C)=CN1c1c(C)cc(C)cc1C. The third-order valence-corrected chi connectivity index (χ3v) is 5.09. The average Bonchev–Trinajstić information content (AvgIpc) is 2.88. The summed E-state index contributed by atoms with van der Waals surface area (Å²) in [6, 6.07) is 9.34. The summed E-state index contributed by atoms with van der Waals surface area (Å²) in [6.45, 7) is 18.2. The molecule has 1 atom stereocenters. The van der Waals surface area contributed by atoms with Gasteiger partial charge in [-0.2, -0.15) is 0 Å². The largest absolute Gasteiger partial charge is 0.245 e. The van der Waals surface area contributed by atoms with Crippen LogP contribution in [-0.4, -0.2) is 23.5 Å². The summed E-state index contributed by atoms with van der Waals surface area (Å²) >= 11 is 0. The smallest absolute Gasteiger partial charge is 0.228 e. The molecule has 3 rings (SSSR count). The van der Waals surface area contributed by atoms with Crippen molar-refractivity contribution in [1.82, 2.24) is 0 Å². The van der Waals surface area contributed by atoms with E-state index in [0.717, 1.165) is 6.54 Å². The molecule has 0 spiro atoms. The van der Waals surface area contributed by atoms with Crippen molar-refractivity contribution in [2.24, 2.45) is 0 Å². The number of rotatable bonds is 3. The third kappa shape index (κ3) is 3.13. The quantitative estimate of drug-likeness (QED) is 0.547. The molecule has 2 aromatic carbocycles. The second kappa shape index (κ2) is 6.51. The molecule has 0 aliphatic carbocycles. The van der Waals surface area contributed by atoms with Crippen LogP contribution in [0.5, 0.6) is 0 Å². The van der Waals surface area contributed by atoms with E-state index in [2.05, 4.69) is 94.3 Å². The van der Waals surface area contributed by atoms with E-state index in [-0.39, 0.29) is 6.04 Å². The molecular weight excluding hydrogens is 304 g/mol. The van der Waals surface area contributed by atoms with Crippen LogP contribution in [-0.2, 0) is 0 Å². The highest BCUT2D eigenvalue weighted by Gasteiger charge is 2.34. The first-order valence-corrected chi connectivity index (χ1v) is 9.00. The predicted molar refractivity (Wildman–Crippen MR) is 109 cm³/mol. The van der Waals surface area contributed by atoms with Gasteiger partial charge in [0.25, 0.3) is 0 Å². The zero-order valence-corrected chi connectivity index (χ0v) is 16.4. The summed E-state index contributed by atoms with van der Waals surface area (Å²) in [5.41, 5.74) is 10.6. The van der Waals surface area contributed by atoms with Crippen molar-refractivity contribution in [2.45, 2.75) is 47.6 Å². The van der Waals surface area contributed by atoms with Crippen LogP contribution in [0.25, 0.3) is 0 Å². The van der Waals surface area contributed by atoms with Crippen molar-refractivity contribution in [3.63, 3.8) is 0 Å². The average molecular weight is 333 g/mol. The molecule has 0 N–H and O–H groups in total. The molecule has 2 heteroatoms. The molecular formula is C23H29N2+. The molecule has 0 bridgehead atoms. The lowest BCUT2D eigenvalue weighted by molar-refractivity contribution is -0.428. The highest BCUT2D eigenvalue weighted by atomic mass is 15.3. The van der Waals surface area contributed by atoms with E-state index in [1.54, 1.807) is 0 Å². The van der Waals surface area contributed by atoms with Crippen LogP contribution in [0.15, 0.2) is 36.9 Å². The molecule has 130 valence electrons. The van der Waals surface area contributed by atoms with Gasteiger partial charge in [-0.25, -0.2) is 9.48 Å². The molecule has 0 radical (unpaired) electrons. The number of hydrogen-bond acceptors (Lipinski definition) is 1. The summed E-state index contributed by atoms with van der Waals surface area (Å²) in [6.07, 6.45) is 4.33. The van der Waals surface area contributed by atoms with E-state index in [1.807, 2.05) is 0 Å². The van der Waals surface area contributed by atoms with Crippen molar-refractivity contribution in [3.05, 3.63) is 70.3 Å². The predicted octanol–water partition coefficient (Wildman–Crippen LogP) is 5.28. The molecule has 0 amide bonds. The lowest BCUT2D eigenvalue weighted by Gasteiger charge is -2.18. The standard InChI is InChI=1S/C23H29N2/c1-8-21-13-24(22-17(4)9-15(2)10-18(22)5)14-25(21)23-19(6)11-16(3)12-20(23)7/h8-12,14,21H,1,13H2,2-7H3/q+1. The van der Waals surface area contributed by atoms with Crippen molar-refractivity contribution in [3.8, 4) is 0 Å². The summed E-state index contributed by atoms with van der Waals surface area (Å²) < 4.78 is 2.38. The molecule has 1 aliphatic heterocycles. The maximum Gasteiger partial charge on any atom is 0.245 e. The Morgan fingerprint density at radius 3 is 1.84 bits per heavy atom. The Balaban J connectivity index is 2.12. The Hall–Kier alpha value is -2.35. The van der Waals surface area contributed by atoms with Crippen LogP contribution in [0.2, 0.25) is 0 Å². The van der Waals surface area contributed by atoms with E-state index < -0.39 is 0 Å². The lowest BCUT2D eigenvalue weighted by atomic mass is 10.0. The minimum Gasteiger partial charge on any atom is -0.228 e.